The Labute approximate surface area is 86.7 Å². The van der Waals surface area contributed by atoms with Crippen molar-refractivity contribution < 1.29 is 9.53 Å². The second-order valence-electron chi connectivity index (χ2n) is 4.61. The third-order valence-corrected chi connectivity index (χ3v) is 1.56. The van der Waals surface area contributed by atoms with Crippen LogP contribution in [0.2, 0.25) is 0 Å². The Balaban J connectivity index is 3.91. The van der Waals surface area contributed by atoms with Gasteiger partial charge >= 0.3 is 0 Å². The van der Waals surface area contributed by atoms with Crippen LogP contribution >= 0.6 is 0 Å². The van der Waals surface area contributed by atoms with Crippen molar-refractivity contribution in [2.75, 3.05) is 20.2 Å². The largest absolute Gasteiger partial charge is 0.366 e. The first-order valence-corrected chi connectivity index (χ1v) is 4.74. The second kappa shape index (κ2) is 5.15. The SMILES string of the molecule is C=C(C)CN(C)C(=O)COC(C)(C)C. The van der Waals surface area contributed by atoms with Gasteiger partial charge in [-0.2, -0.15) is 0 Å². The zero-order valence-corrected chi connectivity index (χ0v) is 9.89. The van der Waals surface area contributed by atoms with E-state index in [4.69, 9.17) is 4.74 Å². The monoisotopic (exact) mass is 199 g/mol. The molecule has 0 fully saturated rings. The predicted octanol–water partition coefficient (Wildman–Crippen LogP) is 1.84. The number of rotatable bonds is 4. The van der Waals surface area contributed by atoms with Crippen LogP contribution < -0.4 is 0 Å². The minimum Gasteiger partial charge on any atom is -0.366 e. The summed E-state index contributed by atoms with van der Waals surface area (Å²) in [5.74, 6) is -0.0112. The van der Waals surface area contributed by atoms with Gasteiger partial charge in [-0.3, -0.25) is 4.79 Å². The minimum atomic E-state index is -0.264. The number of carbonyl (C=O) groups excluding carboxylic acids is 1. The zero-order valence-electron chi connectivity index (χ0n) is 9.89. The first-order chi connectivity index (χ1) is 6.22. The van der Waals surface area contributed by atoms with Crippen molar-refractivity contribution in [2.45, 2.75) is 33.3 Å². The molecule has 82 valence electrons. The van der Waals surface area contributed by atoms with E-state index in [9.17, 15) is 4.79 Å². The summed E-state index contributed by atoms with van der Waals surface area (Å²) >= 11 is 0. The minimum absolute atomic E-state index is 0.0112. The molecule has 14 heavy (non-hydrogen) atoms. The quantitative estimate of drug-likeness (QED) is 0.646. The van der Waals surface area contributed by atoms with Gasteiger partial charge in [0.05, 0.1) is 5.60 Å². The molecular weight excluding hydrogens is 178 g/mol. The topological polar surface area (TPSA) is 29.5 Å². The van der Waals surface area contributed by atoms with Crippen molar-refractivity contribution >= 4 is 5.91 Å². The molecule has 0 aliphatic rings. The van der Waals surface area contributed by atoms with Gasteiger partial charge in [0, 0.05) is 13.6 Å². The summed E-state index contributed by atoms with van der Waals surface area (Å²) in [5, 5.41) is 0. The highest BCUT2D eigenvalue weighted by atomic mass is 16.5. The molecule has 0 unspecified atom stereocenters. The fourth-order valence-electron chi connectivity index (χ4n) is 0.881. The smallest absolute Gasteiger partial charge is 0.248 e. The maximum absolute atomic E-state index is 11.5. The molecule has 0 aliphatic carbocycles. The van der Waals surface area contributed by atoms with Crippen LogP contribution in [-0.2, 0) is 9.53 Å². The molecule has 0 N–H and O–H groups in total. The van der Waals surface area contributed by atoms with Gasteiger partial charge in [-0.25, -0.2) is 0 Å². The van der Waals surface area contributed by atoms with E-state index in [1.165, 1.54) is 0 Å². The fraction of sp³-hybridized carbons (Fsp3) is 0.727. The van der Waals surface area contributed by atoms with E-state index in [0.29, 0.717) is 6.54 Å². The third-order valence-electron chi connectivity index (χ3n) is 1.56. The number of nitrogens with zero attached hydrogens (tertiary/aromatic N) is 1. The molecule has 0 atom stereocenters. The molecule has 0 bridgehead atoms. The average molecular weight is 199 g/mol. The third kappa shape index (κ3) is 6.66. The van der Waals surface area contributed by atoms with Crippen molar-refractivity contribution in [1.29, 1.82) is 0 Å². The molecule has 0 aromatic rings. The van der Waals surface area contributed by atoms with Crippen LogP contribution in [-0.4, -0.2) is 36.6 Å². The molecule has 0 heterocycles. The van der Waals surface area contributed by atoms with Crippen molar-refractivity contribution in [3.63, 3.8) is 0 Å². The van der Waals surface area contributed by atoms with Crippen LogP contribution in [0.4, 0.5) is 0 Å². The van der Waals surface area contributed by atoms with Gasteiger partial charge in [-0.05, 0) is 27.7 Å². The van der Waals surface area contributed by atoms with Crippen LogP contribution in [0, 0.1) is 0 Å². The van der Waals surface area contributed by atoms with Crippen LogP contribution in [0.25, 0.3) is 0 Å². The lowest BCUT2D eigenvalue weighted by molar-refractivity contribution is -0.139. The lowest BCUT2D eigenvalue weighted by Crippen LogP contribution is -2.34. The van der Waals surface area contributed by atoms with Gasteiger partial charge in [-0.1, -0.05) is 12.2 Å². The highest BCUT2D eigenvalue weighted by Gasteiger charge is 2.15. The Kier molecular flexibility index (Phi) is 4.85. The van der Waals surface area contributed by atoms with Crippen LogP contribution in [0.5, 0.6) is 0 Å². The number of carbonyl (C=O) groups is 1. The Morgan fingerprint density at radius 1 is 1.43 bits per heavy atom. The number of amides is 1. The Hall–Kier alpha value is -0.830. The first-order valence-electron chi connectivity index (χ1n) is 4.74. The van der Waals surface area contributed by atoms with Crippen molar-refractivity contribution in [3.05, 3.63) is 12.2 Å². The summed E-state index contributed by atoms with van der Waals surface area (Å²) in [6.07, 6.45) is 0. The molecule has 0 rings (SSSR count). The van der Waals surface area contributed by atoms with Gasteiger partial charge in [0.15, 0.2) is 0 Å². The summed E-state index contributed by atoms with van der Waals surface area (Å²) in [4.78, 5) is 13.1. The molecule has 1 amide bonds. The molecule has 0 aromatic carbocycles. The Bertz CT molecular complexity index is 216. The number of ether oxygens (including phenoxy) is 1. The number of likely N-dealkylation sites (N-methyl/N-ethyl adjacent to an activating group) is 1. The molecule has 0 saturated heterocycles. The van der Waals surface area contributed by atoms with Gasteiger partial charge in [-0.15, -0.1) is 0 Å². The van der Waals surface area contributed by atoms with Crippen LogP contribution in [0.15, 0.2) is 12.2 Å². The summed E-state index contributed by atoms with van der Waals surface area (Å²) < 4.78 is 5.37. The van der Waals surface area contributed by atoms with E-state index in [2.05, 4.69) is 6.58 Å². The van der Waals surface area contributed by atoms with E-state index >= 15 is 0 Å². The van der Waals surface area contributed by atoms with Gasteiger partial charge in [0.2, 0.25) is 5.91 Å². The molecule has 3 heteroatoms. The standard InChI is InChI=1S/C11H21NO2/c1-9(2)7-12(6)10(13)8-14-11(3,4)5/h1,7-8H2,2-6H3. The summed E-state index contributed by atoms with van der Waals surface area (Å²) in [5.41, 5.74) is 0.705. The highest BCUT2D eigenvalue weighted by molar-refractivity contribution is 5.77. The molecule has 3 nitrogen and oxygen atoms in total. The Morgan fingerprint density at radius 2 is 1.93 bits per heavy atom. The van der Waals surface area contributed by atoms with Gasteiger partial charge in [0.1, 0.15) is 6.61 Å². The van der Waals surface area contributed by atoms with Crippen LogP contribution in [0.3, 0.4) is 0 Å². The predicted molar refractivity (Wildman–Crippen MR) is 58.2 cm³/mol. The normalized spacial score (nSPS) is 11.2. The van der Waals surface area contributed by atoms with E-state index in [0.717, 1.165) is 5.57 Å². The summed E-state index contributed by atoms with van der Waals surface area (Å²) in [6, 6.07) is 0. The second-order valence-corrected chi connectivity index (χ2v) is 4.61. The number of hydrogen-bond acceptors (Lipinski definition) is 2. The van der Waals surface area contributed by atoms with E-state index in [-0.39, 0.29) is 18.1 Å². The maximum Gasteiger partial charge on any atom is 0.248 e. The molecular formula is C11H21NO2. The maximum atomic E-state index is 11.5. The average Bonchev–Trinajstić information content (AvgIpc) is 1.97. The van der Waals surface area contributed by atoms with Gasteiger partial charge in [0.25, 0.3) is 0 Å². The van der Waals surface area contributed by atoms with E-state index < -0.39 is 0 Å². The zero-order chi connectivity index (χ0) is 11.4. The fourth-order valence-corrected chi connectivity index (χ4v) is 0.881. The van der Waals surface area contributed by atoms with Crippen molar-refractivity contribution in [2.24, 2.45) is 0 Å². The highest BCUT2D eigenvalue weighted by Crippen LogP contribution is 2.06. The molecule has 0 spiro atoms. The van der Waals surface area contributed by atoms with E-state index in [1.54, 1.807) is 11.9 Å². The lowest BCUT2D eigenvalue weighted by Gasteiger charge is -2.22. The van der Waals surface area contributed by atoms with Crippen molar-refractivity contribution in [1.82, 2.24) is 4.90 Å². The number of hydrogen-bond donors (Lipinski definition) is 0. The lowest BCUT2D eigenvalue weighted by atomic mass is 10.2. The molecule has 0 saturated carbocycles. The summed E-state index contributed by atoms with van der Waals surface area (Å²) in [6.45, 7) is 12.2. The Morgan fingerprint density at radius 3 is 2.29 bits per heavy atom. The van der Waals surface area contributed by atoms with E-state index in [1.807, 2.05) is 27.7 Å². The van der Waals surface area contributed by atoms with Gasteiger partial charge < -0.3 is 9.64 Å². The molecule has 0 aliphatic heterocycles. The van der Waals surface area contributed by atoms with Crippen molar-refractivity contribution in [3.8, 4) is 0 Å². The first kappa shape index (κ1) is 13.2. The molecule has 0 aromatic heterocycles. The summed E-state index contributed by atoms with van der Waals surface area (Å²) in [7, 11) is 1.75. The molecule has 0 radical (unpaired) electrons. The van der Waals surface area contributed by atoms with Crippen LogP contribution in [0.1, 0.15) is 27.7 Å².